The monoisotopic (exact) mass is 205 g/mol. The molecule has 0 spiro atoms. The molecule has 0 saturated carbocycles. The number of para-hydroxylation sites is 1. The molecule has 1 unspecified atom stereocenters. The van der Waals surface area contributed by atoms with E-state index in [9.17, 15) is 4.79 Å². The molecule has 1 aliphatic heterocycles. The number of hydrogen-bond acceptors (Lipinski definition) is 2. The van der Waals surface area contributed by atoms with Crippen molar-refractivity contribution >= 4 is 11.7 Å². The van der Waals surface area contributed by atoms with Gasteiger partial charge in [-0.2, -0.15) is 0 Å². The summed E-state index contributed by atoms with van der Waals surface area (Å²) in [7, 11) is 1.79. The number of carbonyl (C=O) groups is 1. The van der Waals surface area contributed by atoms with Crippen LogP contribution in [0.15, 0.2) is 24.3 Å². The second-order valence-corrected chi connectivity index (χ2v) is 3.84. The molecule has 3 N–H and O–H groups in total. The number of amides is 2. The SMILES string of the molecule is CN1CCC(c2ccccc2N)NC1=O. The lowest BCUT2D eigenvalue weighted by Gasteiger charge is -2.31. The largest absolute Gasteiger partial charge is 0.398 e. The van der Waals surface area contributed by atoms with E-state index in [1.165, 1.54) is 0 Å². The van der Waals surface area contributed by atoms with Gasteiger partial charge in [-0.1, -0.05) is 18.2 Å². The lowest BCUT2D eigenvalue weighted by atomic mass is 10.0. The lowest BCUT2D eigenvalue weighted by molar-refractivity contribution is 0.187. The third-order valence-corrected chi connectivity index (χ3v) is 2.77. The van der Waals surface area contributed by atoms with Gasteiger partial charge in [0.2, 0.25) is 0 Å². The number of hydrogen-bond donors (Lipinski definition) is 2. The summed E-state index contributed by atoms with van der Waals surface area (Å²) in [4.78, 5) is 13.1. The first-order valence-corrected chi connectivity index (χ1v) is 5.04. The van der Waals surface area contributed by atoms with Gasteiger partial charge in [-0.15, -0.1) is 0 Å². The third kappa shape index (κ3) is 1.88. The number of nitrogens with zero attached hydrogens (tertiary/aromatic N) is 1. The van der Waals surface area contributed by atoms with E-state index in [1.54, 1.807) is 11.9 Å². The van der Waals surface area contributed by atoms with Gasteiger partial charge in [0.15, 0.2) is 0 Å². The van der Waals surface area contributed by atoms with Crippen LogP contribution in [0.3, 0.4) is 0 Å². The fourth-order valence-electron chi connectivity index (χ4n) is 1.82. The molecule has 4 heteroatoms. The summed E-state index contributed by atoms with van der Waals surface area (Å²) in [5.74, 6) is 0. The lowest BCUT2D eigenvalue weighted by Crippen LogP contribution is -2.45. The summed E-state index contributed by atoms with van der Waals surface area (Å²) < 4.78 is 0. The Bertz CT molecular complexity index is 378. The van der Waals surface area contributed by atoms with Crippen LogP contribution in [0, 0.1) is 0 Å². The minimum absolute atomic E-state index is 0.0329. The molecule has 1 atom stereocenters. The number of urea groups is 1. The zero-order chi connectivity index (χ0) is 10.8. The molecule has 0 aromatic heterocycles. The van der Waals surface area contributed by atoms with Crippen molar-refractivity contribution in [2.75, 3.05) is 19.3 Å². The molecule has 0 aliphatic carbocycles. The fraction of sp³-hybridized carbons (Fsp3) is 0.364. The maximum atomic E-state index is 11.5. The van der Waals surface area contributed by atoms with Gasteiger partial charge in [0, 0.05) is 19.3 Å². The summed E-state index contributed by atoms with van der Waals surface area (Å²) in [6.07, 6.45) is 0.899. The minimum Gasteiger partial charge on any atom is -0.398 e. The van der Waals surface area contributed by atoms with E-state index < -0.39 is 0 Å². The predicted molar refractivity (Wildman–Crippen MR) is 59.4 cm³/mol. The summed E-state index contributed by atoms with van der Waals surface area (Å²) in [6, 6.07) is 7.68. The molecule has 1 aliphatic rings. The molecular formula is C11H15N3O. The van der Waals surface area contributed by atoms with Crippen molar-refractivity contribution in [3.8, 4) is 0 Å². The Balaban J connectivity index is 2.19. The number of anilines is 1. The highest BCUT2D eigenvalue weighted by Crippen LogP contribution is 2.25. The van der Waals surface area contributed by atoms with Crippen molar-refractivity contribution in [2.45, 2.75) is 12.5 Å². The van der Waals surface area contributed by atoms with Crippen LogP contribution in [0.4, 0.5) is 10.5 Å². The molecule has 15 heavy (non-hydrogen) atoms. The van der Waals surface area contributed by atoms with Crippen LogP contribution in [0.1, 0.15) is 18.0 Å². The normalized spacial score (nSPS) is 21.3. The van der Waals surface area contributed by atoms with E-state index in [2.05, 4.69) is 5.32 Å². The van der Waals surface area contributed by atoms with Crippen molar-refractivity contribution in [1.82, 2.24) is 10.2 Å². The zero-order valence-corrected chi connectivity index (χ0v) is 8.73. The molecule has 1 saturated heterocycles. The number of nitrogens with one attached hydrogen (secondary N) is 1. The van der Waals surface area contributed by atoms with Gasteiger partial charge in [-0.05, 0) is 18.1 Å². The van der Waals surface area contributed by atoms with Crippen molar-refractivity contribution in [3.63, 3.8) is 0 Å². The van der Waals surface area contributed by atoms with Gasteiger partial charge in [0.1, 0.15) is 0 Å². The Morgan fingerprint density at radius 2 is 2.20 bits per heavy atom. The number of carbonyl (C=O) groups excluding carboxylic acids is 1. The Morgan fingerprint density at radius 3 is 2.87 bits per heavy atom. The molecule has 2 amide bonds. The first-order chi connectivity index (χ1) is 7.18. The van der Waals surface area contributed by atoms with E-state index >= 15 is 0 Å². The van der Waals surface area contributed by atoms with Crippen LogP contribution in [0.2, 0.25) is 0 Å². The highest BCUT2D eigenvalue weighted by molar-refractivity contribution is 5.75. The van der Waals surface area contributed by atoms with Crippen LogP contribution in [0.5, 0.6) is 0 Å². The van der Waals surface area contributed by atoms with Crippen LogP contribution in [0.25, 0.3) is 0 Å². The Morgan fingerprint density at radius 1 is 1.47 bits per heavy atom. The smallest absolute Gasteiger partial charge is 0.317 e. The van der Waals surface area contributed by atoms with Crippen molar-refractivity contribution < 1.29 is 4.79 Å². The minimum atomic E-state index is -0.0329. The maximum Gasteiger partial charge on any atom is 0.317 e. The average Bonchev–Trinajstić information content (AvgIpc) is 2.23. The second kappa shape index (κ2) is 3.81. The molecule has 1 fully saturated rings. The van der Waals surface area contributed by atoms with Gasteiger partial charge in [0.25, 0.3) is 0 Å². The summed E-state index contributed by atoms with van der Waals surface area (Å²) in [6.45, 7) is 0.769. The number of nitrogen functional groups attached to an aromatic ring is 1. The van der Waals surface area contributed by atoms with Crippen molar-refractivity contribution in [2.24, 2.45) is 0 Å². The van der Waals surface area contributed by atoms with E-state index in [1.807, 2.05) is 24.3 Å². The number of rotatable bonds is 1. The van der Waals surface area contributed by atoms with Crippen molar-refractivity contribution in [3.05, 3.63) is 29.8 Å². The predicted octanol–water partition coefficient (Wildman–Crippen LogP) is 1.35. The molecule has 80 valence electrons. The molecule has 1 aromatic rings. The van der Waals surface area contributed by atoms with Gasteiger partial charge >= 0.3 is 6.03 Å². The van der Waals surface area contributed by atoms with E-state index in [0.717, 1.165) is 24.2 Å². The summed E-state index contributed by atoms with van der Waals surface area (Å²) in [5.41, 5.74) is 7.62. The molecular weight excluding hydrogens is 190 g/mol. The molecule has 4 nitrogen and oxygen atoms in total. The fourth-order valence-corrected chi connectivity index (χ4v) is 1.82. The van der Waals surface area contributed by atoms with Gasteiger partial charge < -0.3 is 16.0 Å². The number of benzene rings is 1. The van der Waals surface area contributed by atoms with Crippen molar-refractivity contribution in [1.29, 1.82) is 0 Å². The average molecular weight is 205 g/mol. The summed E-state index contributed by atoms with van der Waals surface area (Å²) in [5, 5.41) is 2.93. The third-order valence-electron chi connectivity index (χ3n) is 2.77. The molecule has 2 rings (SSSR count). The maximum absolute atomic E-state index is 11.5. The topological polar surface area (TPSA) is 58.4 Å². The van der Waals surface area contributed by atoms with Crippen LogP contribution >= 0.6 is 0 Å². The zero-order valence-electron chi connectivity index (χ0n) is 8.73. The number of nitrogens with two attached hydrogens (primary N) is 1. The van der Waals surface area contributed by atoms with Crippen LogP contribution < -0.4 is 11.1 Å². The van der Waals surface area contributed by atoms with E-state index in [4.69, 9.17) is 5.73 Å². The highest BCUT2D eigenvalue weighted by Gasteiger charge is 2.24. The highest BCUT2D eigenvalue weighted by atomic mass is 16.2. The first-order valence-electron chi connectivity index (χ1n) is 5.04. The standard InChI is InChI=1S/C11H15N3O/c1-14-7-6-10(13-11(14)15)8-4-2-3-5-9(8)12/h2-5,10H,6-7,12H2,1H3,(H,13,15). The Hall–Kier alpha value is -1.71. The Kier molecular flexibility index (Phi) is 2.49. The van der Waals surface area contributed by atoms with Crippen LogP contribution in [-0.2, 0) is 0 Å². The first kappa shape index (κ1) is 9.83. The second-order valence-electron chi connectivity index (χ2n) is 3.84. The molecule has 1 heterocycles. The molecule has 1 aromatic carbocycles. The van der Waals surface area contributed by atoms with Gasteiger partial charge in [0.05, 0.1) is 6.04 Å². The van der Waals surface area contributed by atoms with E-state index in [0.29, 0.717) is 0 Å². The molecule has 0 radical (unpaired) electrons. The quantitative estimate of drug-likeness (QED) is 0.680. The van der Waals surface area contributed by atoms with Crippen LogP contribution in [-0.4, -0.2) is 24.5 Å². The van der Waals surface area contributed by atoms with Gasteiger partial charge in [-0.25, -0.2) is 4.79 Å². The molecule has 0 bridgehead atoms. The van der Waals surface area contributed by atoms with Gasteiger partial charge in [-0.3, -0.25) is 0 Å². The Labute approximate surface area is 89.1 Å². The summed E-state index contributed by atoms with van der Waals surface area (Å²) >= 11 is 0. The van der Waals surface area contributed by atoms with E-state index in [-0.39, 0.29) is 12.1 Å².